The van der Waals surface area contributed by atoms with Crippen molar-refractivity contribution < 1.29 is 14.3 Å². The average molecular weight is 612 g/mol. The minimum absolute atomic E-state index is 0.0532. The Kier molecular flexibility index (Phi) is 9.88. The zero-order chi connectivity index (χ0) is 30.6. The van der Waals surface area contributed by atoms with E-state index in [2.05, 4.69) is 10.2 Å². The summed E-state index contributed by atoms with van der Waals surface area (Å²) in [4.78, 5) is 54.3. The summed E-state index contributed by atoms with van der Waals surface area (Å²) in [5.74, 6) is -1.28. The van der Waals surface area contributed by atoms with Gasteiger partial charge in [-0.1, -0.05) is 47.5 Å². The fourth-order valence-corrected chi connectivity index (χ4v) is 5.36. The van der Waals surface area contributed by atoms with Gasteiger partial charge in [0.05, 0.1) is 39.3 Å². The Morgan fingerprint density at radius 2 is 1.62 bits per heavy atom. The van der Waals surface area contributed by atoms with Crippen molar-refractivity contribution in [3.05, 3.63) is 108 Å². The number of hydrogen-bond donors (Lipinski definition) is 1. The van der Waals surface area contributed by atoms with Crippen molar-refractivity contribution in [3.63, 3.8) is 0 Å². The average Bonchev–Trinajstić information content (AvgIpc) is 2.96. The number of benzene rings is 3. The second-order valence-electron chi connectivity index (χ2n) is 10.3. The number of nitrogens with one attached hydrogen (secondary N) is 1. The van der Waals surface area contributed by atoms with Gasteiger partial charge in [-0.15, -0.1) is 0 Å². The Labute approximate surface area is 253 Å². The molecule has 220 valence electrons. The molecule has 4 aromatic rings. The van der Waals surface area contributed by atoms with E-state index >= 15 is 0 Å². The summed E-state index contributed by atoms with van der Waals surface area (Å²) in [6.07, 6.45) is 1.84. The van der Waals surface area contributed by atoms with Crippen molar-refractivity contribution in [2.45, 2.75) is 25.3 Å². The second-order valence-corrected chi connectivity index (χ2v) is 11.1. The first kappa shape index (κ1) is 31.0. The van der Waals surface area contributed by atoms with Crippen LogP contribution in [0.15, 0.2) is 70.3 Å². The number of methoxy groups -OCH3 is 1. The van der Waals surface area contributed by atoms with Crippen LogP contribution in [0.4, 0.5) is 0 Å². The third kappa shape index (κ3) is 6.75. The first-order valence-electron chi connectivity index (χ1n) is 13.3. The van der Waals surface area contributed by atoms with Crippen molar-refractivity contribution in [2.24, 2.45) is 7.05 Å². The largest absolute Gasteiger partial charge is 0.467 e. The summed E-state index contributed by atoms with van der Waals surface area (Å²) in [6.45, 7) is 0.927. The van der Waals surface area contributed by atoms with Crippen LogP contribution in [0.2, 0.25) is 10.0 Å². The Morgan fingerprint density at radius 3 is 2.24 bits per heavy atom. The highest BCUT2D eigenvalue weighted by Gasteiger charge is 2.25. The van der Waals surface area contributed by atoms with E-state index in [0.29, 0.717) is 22.2 Å². The fourth-order valence-electron chi connectivity index (χ4n) is 4.79. The molecular formula is C31H32Cl2N4O5. The Morgan fingerprint density at radius 1 is 0.976 bits per heavy atom. The normalized spacial score (nSPS) is 12.0. The molecule has 42 heavy (non-hydrogen) atoms. The van der Waals surface area contributed by atoms with Crippen LogP contribution >= 0.6 is 23.2 Å². The van der Waals surface area contributed by atoms with Crippen molar-refractivity contribution in [3.8, 4) is 5.69 Å². The maximum absolute atomic E-state index is 13.5. The second kappa shape index (κ2) is 13.4. The molecule has 0 bridgehead atoms. The van der Waals surface area contributed by atoms with Crippen molar-refractivity contribution in [1.29, 1.82) is 0 Å². The molecule has 0 radical (unpaired) electrons. The number of rotatable bonds is 10. The molecule has 4 rings (SSSR count). The molecule has 0 fully saturated rings. The lowest BCUT2D eigenvalue weighted by molar-refractivity contribution is -0.142. The van der Waals surface area contributed by atoms with Gasteiger partial charge >= 0.3 is 11.7 Å². The number of aryl methyl sites for hydroxylation is 2. The maximum Gasteiger partial charge on any atom is 0.335 e. The molecule has 1 N–H and O–H groups in total. The fraction of sp³-hybridized carbons (Fsp3) is 0.290. The summed E-state index contributed by atoms with van der Waals surface area (Å²) in [5, 5.41) is 3.39. The third-order valence-corrected chi connectivity index (χ3v) is 7.65. The van der Waals surface area contributed by atoms with Gasteiger partial charge in [0.25, 0.3) is 11.5 Å². The number of hydrogen-bond acceptors (Lipinski definition) is 6. The van der Waals surface area contributed by atoms with Gasteiger partial charge in [0.15, 0.2) is 0 Å². The molecule has 0 saturated carbocycles. The molecule has 0 aliphatic rings. The Balaban J connectivity index is 1.62. The van der Waals surface area contributed by atoms with Crippen LogP contribution < -0.4 is 16.6 Å². The van der Waals surface area contributed by atoms with Gasteiger partial charge in [0.2, 0.25) is 0 Å². The molecule has 0 spiro atoms. The van der Waals surface area contributed by atoms with Crippen LogP contribution in [-0.2, 0) is 29.4 Å². The number of carbonyl (C=O) groups excluding carboxylic acids is 2. The predicted molar refractivity (Wildman–Crippen MR) is 165 cm³/mol. The molecule has 1 heterocycles. The lowest BCUT2D eigenvalue weighted by Gasteiger charge is -2.18. The third-order valence-electron chi connectivity index (χ3n) is 7.02. The van der Waals surface area contributed by atoms with Crippen LogP contribution in [0.1, 0.15) is 27.9 Å². The smallest absolute Gasteiger partial charge is 0.335 e. The standard InChI is InChI=1S/C31H32Cl2N4O5/c1-35(2)16-6-7-19-12-15-26-22(17-19)29(39)37(31(41)36(26)3)21-13-10-20(11-14-21)18-25(30(40)42-4)34-28(38)27-23(32)8-5-9-24(27)33/h5,8-15,17,25H,6-7,16,18H2,1-4H3,(H,34,38)/t25-/m0/s1. The summed E-state index contributed by atoms with van der Waals surface area (Å²) >= 11 is 12.3. The first-order valence-corrected chi connectivity index (χ1v) is 14.1. The topological polar surface area (TPSA) is 103 Å². The summed E-state index contributed by atoms with van der Waals surface area (Å²) < 4.78 is 7.48. The number of amides is 1. The molecule has 9 nitrogen and oxygen atoms in total. The number of carbonyl (C=O) groups is 2. The van der Waals surface area contributed by atoms with E-state index in [4.69, 9.17) is 27.9 Å². The zero-order valence-corrected chi connectivity index (χ0v) is 25.3. The van der Waals surface area contributed by atoms with E-state index in [0.717, 1.165) is 29.5 Å². The van der Waals surface area contributed by atoms with Gasteiger partial charge in [-0.25, -0.2) is 14.2 Å². The van der Waals surface area contributed by atoms with Crippen LogP contribution in [0, 0.1) is 0 Å². The van der Waals surface area contributed by atoms with E-state index in [1.807, 2.05) is 32.3 Å². The number of esters is 1. The molecule has 11 heteroatoms. The molecule has 3 aromatic carbocycles. The highest BCUT2D eigenvalue weighted by atomic mass is 35.5. The van der Waals surface area contributed by atoms with E-state index < -0.39 is 29.2 Å². The molecule has 0 unspecified atom stereocenters. The van der Waals surface area contributed by atoms with Gasteiger partial charge in [-0.05, 0) is 81.0 Å². The lowest BCUT2D eigenvalue weighted by atomic mass is 10.0. The van der Waals surface area contributed by atoms with Gasteiger partial charge in [-0.2, -0.15) is 0 Å². The van der Waals surface area contributed by atoms with Crippen LogP contribution in [-0.4, -0.2) is 59.7 Å². The highest BCUT2D eigenvalue weighted by Crippen LogP contribution is 2.24. The number of nitrogens with zero attached hydrogens (tertiary/aromatic N) is 3. The molecular weight excluding hydrogens is 579 g/mol. The molecule has 1 amide bonds. The molecule has 0 aliphatic heterocycles. The van der Waals surface area contributed by atoms with Crippen molar-refractivity contribution >= 4 is 46.0 Å². The summed E-state index contributed by atoms with van der Waals surface area (Å²) in [7, 11) is 6.89. The quantitative estimate of drug-likeness (QED) is 0.272. The van der Waals surface area contributed by atoms with Gasteiger partial charge in [-0.3, -0.25) is 14.2 Å². The molecule has 0 saturated heterocycles. The van der Waals surface area contributed by atoms with E-state index in [-0.39, 0.29) is 22.0 Å². The zero-order valence-electron chi connectivity index (χ0n) is 23.8. The summed E-state index contributed by atoms with van der Waals surface area (Å²) in [6, 6.07) is 15.9. The number of halogens is 2. The Bertz CT molecular complexity index is 1730. The molecule has 1 atom stereocenters. The first-order chi connectivity index (χ1) is 20.0. The van der Waals surface area contributed by atoms with Crippen molar-refractivity contribution in [2.75, 3.05) is 27.7 Å². The minimum Gasteiger partial charge on any atom is -0.467 e. The van der Waals surface area contributed by atoms with E-state index in [1.165, 1.54) is 23.8 Å². The SMILES string of the molecule is COC(=O)[C@H](Cc1ccc(-n2c(=O)c3cc(CCCN(C)C)ccc3n(C)c2=O)cc1)NC(=O)c1c(Cl)cccc1Cl. The summed E-state index contributed by atoms with van der Waals surface area (Å²) in [5.41, 5.74) is 1.79. The maximum atomic E-state index is 13.5. The molecule has 1 aromatic heterocycles. The van der Waals surface area contributed by atoms with Crippen LogP contribution in [0.3, 0.4) is 0 Å². The Hall–Kier alpha value is -3.92. The molecule has 0 aliphatic carbocycles. The van der Waals surface area contributed by atoms with Gasteiger partial charge < -0.3 is 15.0 Å². The van der Waals surface area contributed by atoms with Gasteiger partial charge in [0, 0.05) is 13.5 Å². The monoisotopic (exact) mass is 610 g/mol. The predicted octanol–water partition coefficient (Wildman–Crippen LogP) is 4.00. The minimum atomic E-state index is -1.04. The lowest BCUT2D eigenvalue weighted by Crippen LogP contribution is -2.43. The van der Waals surface area contributed by atoms with Crippen LogP contribution in [0.25, 0.3) is 16.6 Å². The van der Waals surface area contributed by atoms with Crippen molar-refractivity contribution in [1.82, 2.24) is 19.4 Å². The highest BCUT2D eigenvalue weighted by molar-refractivity contribution is 6.39. The van der Waals surface area contributed by atoms with E-state index in [1.54, 1.807) is 37.4 Å². The van der Waals surface area contributed by atoms with Gasteiger partial charge in [0.1, 0.15) is 6.04 Å². The number of ether oxygens (including phenoxy) is 1. The number of fused-ring (bicyclic) bond motifs is 1. The van der Waals surface area contributed by atoms with E-state index in [9.17, 15) is 19.2 Å². The number of aromatic nitrogens is 2. The van der Waals surface area contributed by atoms with Crippen LogP contribution in [0.5, 0.6) is 0 Å².